The Morgan fingerprint density at radius 2 is 2.07 bits per heavy atom. The third kappa shape index (κ3) is 4.53. The maximum atomic E-state index is 5.53. The molecule has 1 N–H and O–H groups in total. The van der Waals surface area contributed by atoms with Crippen molar-refractivity contribution in [3.63, 3.8) is 0 Å². The molecule has 0 fully saturated rings. The van der Waals surface area contributed by atoms with Crippen molar-refractivity contribution >= 4 is 0 Å². The van der Waals surface area contributed by atoms with Gasteiger partial charge in [0.05, 0.1) is 6.61 Å². The van der Waals surface area contributed by atoms with E-state index >= 15 is 0 Å². The van der Waals surface area contributed by atoms with Crippen molar-refractivity contribution in [1.82, 2.24) is 5.32 Å². The smallest absolute Gasteiger partial charge is 0.119 e. The van der Waals surface area contributed by atoms with Crippen LogP contribution in [0, 0.1) is 12.3 Å². The van der Waals surface area contributed by atoms with E-state index in [9.17, 15) is 0 Å². The van der Waals surface area contributed by atoms with Crippen molar-refractivity contribution in [3.05, 3.63) is 29.8 Å². The second-order valence-electron chi connectivity index (χ2n) is 3.33. The van der Waals surface area contributed by atoms with Crippen LogP contribution in [-0.4, -0.2) is 13.7 Å². The predicted molar refractivity (Wildman–Crippen MR) is 62.8 cm³/mol. The molecular formula is C13H17NO. The van der Waals surface area contributed by atoms with Crippen molar-refractivity contribution in [2.24, 2.45) is 0 Å². The van der Waals surface area contributed by atoms with E-state index in [1.165, 1.54) is 5.56 Å². The highest BCUT2D eigenvalue weighted by molar-refractivity contribution is 5.27. The van der Waals surface area contributed by atoms with Gasteiger partial charge in [0, 0.05) is 13.0 Å². The highest BCUT2D eigenvalue weighted by Crippen LogP contribution is 2.12. The Labute approximate surface area is 91.6 Å². The van der Waals surface area contributed by atoms with Crippen molar-refractivity contribution in [1.29, 1.82) is 0 Å². The Bertz CT molecular complexity index is 310. The fourth-order valence-corrected chi connectivity index (χ4v) is 1.27. The van der Waals surface area contributed by atoms with Crippen LogP contribution < -0.4 is 10.1 Å². The van der Waals surface area contributed by atoms with Gasteiger partial charge in [-0.15, -0.1) is 12.3 Å². The van der Waals surface area contributed by atoms with Crippen molar-refractivity contribution < 1.29 is 4.74 Å². The SMILES string of the molecule is C#CCCCOc1ccc(CNC)cc1. The van der Waals surface area contributed by atoms with Gasteiger partial charge in [-0.1, -0.05) is 12.1 Å². The maximum absolute atomic E-state index is 5.53. The molecule has 0 unspecified atom stereocenters. The molecule has 0 aliphatic carbocycles. The first-order valence-electron chi connectivity index (χ1n) is 5.16. The molecule has 0 aliphatic heterocycles. The van der Waals surface area contributed by atoms with Gasteiger partial charge in [0.25, 0.3) is 0 Å². The molecule has 2 heteroatoms. The van der Waals surface area contributed by atoms with Crippen LogP contribution in [0.15, 0.2) is 24.3 Å². The summed E-state index contributed by atoms with van der Waals surface area (Å²) in [5.41, 5.74) is 1.26. The van der Waals surface area contributed by atoms with Gasteiger partial charge in [0.2, 0.25) is 0 Å². The summed E-state index contributed by atoms with van der Waals surface area (Å²) >= 11 is 0. The normalized spacial score (nSPS) is 9.60. The molecule has 0 saturated heterocycles. The molecule has 1 aromatic rings. The molecule has 80 valence electrons. The Hall–Kier alpha value is -1.46. The van der Waals surface area contributed by atoms with Gasteiger partial charge in [0.15, 0.2) is 0 Å². The number of hydrogen-bond acceptors (Lipinski definition) is 2. The Kier molecular flexibility index (Phi) is 5.35. The van der Waals surface area contributed by atoms with E-state index in [1.807, 2.05) is 19.2 Å². The first-order chi connectivity index (χ1) is 7.36. The van der Waals surface area contributed by atoms with E-state index in [1.54, 1.807) is 0 Å². The lowest BCUT2D eigenvalue weighted by Gasteiger charge is -2.06. The third-order valence-electron chi connectivity index (χ3n) is 2.04. The van der Waals surface area contributed by atoms with Crippen molar-refractivity contribution in [2.45, 2.75) is 19.4 Å². The minimum atomic E-state index is 0.690. The molecule has 0 atom stereocenters. The standard InChI is InChI=1S/C13H17NO/c1-3-4-5-10-15-13-8-6-12(7-9-13)11-14-2/h1,6-9,14H,4-5,10-11H2,2H3. The van der Waals surface area contributed by atoms with E-state index in [2.05, 4.69) is 23.4 Å². The van der Waals surface area contributed by atoms with Crippen LogP contribution in [0.25, 0.3) is 0 Å². The number of rotatable bonds is 6. The van der Waals surface area contributed by atoms with Crippen LogP contribution in [0.4, 0.5) is 0 Å². The molecule has 1 aromatic carbocycles. The lowest BCUT2D eigenvalue weighted by molar-refractivity contribution is 0.313. The number of ether oxygens (including phenoxy) is 1. The largest absolute Gasteiger partial charge is 0.494 e. The molecule has 2 nitrogen and oxygen atoms in total. The molecule has 0 aliphatic rings. The molecule has 15 heavy (non-hydrogen) atoms. The molecule has 0 aromatic heterocycles. The summed E-state index contributed by atoms with van der Waals surface area (Å²) in [5, 5.41) is 3.10. The lowest BCUT2D eigenvalue weighted by Crippen LogP contribution is -2.04. The van der Waals surface area contributed by atoms with Gasteiger partial charge >= 0.3 is 0 Å². The molecule has 0 heterocycles. The molecular weight excluding hydrogens is 186 g/mol. The molecule has 0 saturated carbocycles. The molecule has 1 rings (SSSR count). The first-order valence-corrected chi connectivity index (χ1v) is 5.16. The van der Waals surface area contributed by atoms with Crippen LogP contribution in [0.2, 0.25) is 0 Å². The minimum Gasteiger partial charge on any atom is -0.494 e. The Balaban J connectivity index is 2.33. The van der Waals surface area contributed by atoms with E-state index in [4.69, 9.17) is 11.2 Å². The topological polar surface area (TPSA) is 21.3 Å². The fraction of sp³-hybridized carbons (Fsp3) is 0.385. The first kappa shape index (κ1) is 11.6. The second-order valence-corrected chi connectivity index (χ2v) is 3.33. The monoisotopic (exact) mass is 203 g/mol. The molecule has 0 spiro atoms. The van der Waals surface area contributed by atoms with Gasteiger partial charge in [-0.3, -0.25) is 0 Å². The Morgan fingerprint density at radius 3 is 2.67 bits per heavy atom. The lowest BCUT2D eigenvalue weighted by atomic mass is 10.2. The number of nitrogens with one attached hydrogen (secondary N) is 1. The zero-order valence-electron chi connectivity index (χ0n) is 9.12. The van der Waals surface area contributed by atoms with Gasteiger partial charge in [-0.2, -0.15) is 0 Å². The summed E-state index contributed by atoms with van der Waals surface area (Å²) in [6.07, 6.45) is 6.84. The third-order valence-corrected chi connectivity index (χ3v) is 2.04. The molecule has 0 amide bonds. The Morgan fingerprint density at radius 1 is 1.33 bits per heavy atom. The van der Waals surface area contributed by atoms with E-state index < -0.39 is 0 Å². The summed E-state index contributed by atoms with van der Waals surface area (Å²) < 4.78 is 5.53. The van der Waals surface area contributed by atoms with Gasteiger partial charge in [-0.25, -0.2) is 0 Å². The van der Waals surface area contributed by atoms with Crippen LogP contribution in [0.3, 0.4) is 0 Å². The average molecular weight is 203 g/mol. The summed E-state index contributed by atoms with van der Waals surface area (Å²) in [6, 6.07) is 8.10. The zero-order valence-corrected chi connectivity index (χ0v) is 9.12. The number of benzene rings is 1. The highest BCUT2D eigenvalue weighted by atomic mass is 16.5. The fourth-order valence-electron chi connectivity index (χ4n) is 1.27. The van der Waals surface area contributed by atoms with Gasteiger partial charge < -0.3 is 10.1 Å². The number of terminal acetylenes is 1. The summed E-state index contributed by atoms with van der Waals surface area (Å²) in [5.74, 6) is 3.50. The van der Waals surface area contributed by atoms with Crippen LogP contribution >= 0.6 is 0 Å². The quantitative estimate of drug-likeness (QED) is 0.565. The predicted octanol–water partition coefficient (Wildman–Crippen LogP) is 2.20. The number of hydrogen-bond donors (Lipinski definition) is 1. The van der Waals surface area contributed by atoms with E-state index in [0.29, 0.717) is 6.61 Å². The molecule has 0 bridgehead atoms. The van der Waals surface area contributed by atoms with Crippen LogP contribution in [0.1, 0.15) is 18.4 Å². The van der Waals surface area contributed by atoms with Gasteiger partial charge in [0.1, 0.15) is 5.75 Å². The molecule has 0 radical (unpaired) electrons. The highest BCUT2D eigenvalue weighted by Gasteiger charge is 1.94. The van der Waals surface area contributed by atoms with Crippen molar-refractivity contribution in [2.75, 3.05) is 13.7 Å². The van der Waals surface area contributed by atoms with Crippen LogP contribution in [-0.2, 0) is 6.54 Å². The number of unbranched alkanes of at least 4 members (excludes halogenated alkanes) is 1. The second kappa shape index (κ2) is 6.92. The van der Waals surface area contributed by atoms with Crippen molar-refractivity contribution in [3.8, 4) is 18.1 Å². The summed E-state index contributed by atoms with van der Waals surface area (Å²) in [4.78, 5) is 0. The zero-order chi connectivity index (χ0) is 10.9. The van der Waals surface area contributed by atoms with Gasteiger partial charge in [-0.05, 0) is 31.2 Å². The summed E-state index contributed by atoms with van der Waals surface area (Å²) in [7, 11) is 1.93. The van der Waals surface area contributed by atoms with Crippen LogP contribution in [0.5, 0.6) is 5.75 Å². The maximum Gasteiger partial charge on any atom is 0.119 e. The minimum absolute atomic E-state index is 0.690. The average Bonchev–Trinajstić information content (AvgIpc) is 2.27. The van der Waals surface area contributed by atoms with E-state index in [0.717, 1.165) is 25.1 Å². The van der Waals surface area contributed by atoms with E-state index in [-0.39, 0.29) is 0 Å². The summed E-state index contributed by atoms with van der Waals surface area (Å²) in [6.45, 7) is 1.58.